The standard InChI is InChI=1S/C9H12O7/c1-3-7(10)14-5-6-15-16-9(12)8(11)13-4-2/h3H,1,4-6H2,2H3. The van der Waals surface area contributed by atoms with Gasteiger partial charge in [0, 0.05) is 6.08 Å². The van der Waals surface area contributed by atoms with Crippen LogP contribution >= 0.6 is 0 Å². The molecule has 0 fully saturated rings. The molecule has 0 bridgehead atoms. The molecule has 0 rings (SSSR count). The van der Waals surface area contributed by atoms with Gasteiger partial charge < -0.3 is 9.47 Å². The molecule has 0 amide bonds. The first-order chi connectivity index (χ1) is 7.61. The van der Waals surface area contributed by atoms with Crippen molar-refractivity contribution in [3.05, 3.63) is 12.7 Å². The van der Waals surface area contributed by atoms with Crippen LogP contribution in [0.3, 0.4) is 0 Å². The summed E-state index contributed by atoms with van der Waals surface area (Å²) in [6.45, 7) is 4.46. The van der Waals surface area contributed by atoms with Crippen LogP contribution in [0.1, 0.15) is 6.92 Å². The van der Waals surface area contributed by atoms with Gasteiger partial charge in [-0.15, -0.1) is 0 Å². The number of hydrogen-bond acceptors (Lipinski definition) is 7. The van der Waals surface area contributed by atoms with Crippen LogP contribution in [-0.2, 0) is 33.6 Å². The topological polar surface area (TPSA) is 88.1 Å². The molecule has 90 valence electrons. The van der Waals surface area contributed by atoms with Gasteiger partial charge in [0.05, 0.1) is 6.61 Å². The molecule has 0 aliphatic rings. The monoisotopic (exact) mass is 232 g/mol. The second-order valence-electron chi connectivity index (χ2n) is 2.28. The summed E-state index contributed by atoms with van der Waals surface area (Å²) in [5.41, 5.74) is 0. The van der Waals surface area contributed by atoms with Crippen molar-refractivity contribution < 1.29 is 33.6 Å². The third-order valence-electron chi connectivity index (χ3n) is 1.15. The van der Waals surface area contributed by atoms with Crippen molar-refractivity contribution in [2.75, 3.05) is 19.8 Å². The molecule has 7 heteroatoms. The third kappa shape index (κ3) is 6.55. The highest BCUT2D eigenvalue weighted by Crippen LogP contribution is 1.87. The maximum absolute atomic E-state index is 10.7. The Morgan fingerprint density at radius 1 is 1.12 bits per heavy atom. The quantitative estimate of drug-likeness (QED) is 0.156. The summed E-state index contributed by atoms with van der Waals surface area (Å²) in [5, 5.41) is 0. The van der Waals surface area contributed by atoms with Crippen molar-refractivity contribution in [3.8, 4) is 0 Å². The lowest BCUT2D eigenvalue weighted by molar-refractivity contribution is -0.275. The number of rotatable bonds is 6. The van der Waals surface area contributed by atoms with E-state index in [2.05, 4.69) is 25.8 Å². The molecule has 0 saturated heterocycles. The van der Waals surface area contributed by atoms with Crippen LogP contribution in [-0.4, -0.2) is 37.7 Å². The Hall–Kier alpha value is -1.89. The highest BCUT2D eigenvalue weighted by atomic mass is 17.2. The Bertz CT molecular complexity index is 271. The van der Waals surface area contributed by atoms with Gasteiger partial charge in [0.25, 0.3) is 0 Å². The molecule has 0 aromatic rings. The molecule has 0 N–H and O–H groups in total. The highest BCUT2D eigenvalue weighted by molar-refractivity contribution is 6.29. The molecular formula is C9H12O7. The van der Waals surface area contributed by atoms with Crippen molar-refractivity contribution in [2.24, 2.45) is 0 Å². The maximum Gasteiger partial charge on any atom is 0.449 e. The van der Waals surface area contributed by atoms with Gasteiger partial charge in [-0.25, -0.2) is 14.4 Å². The molecule has 0 atom stereocenters. The van der Waals surface area contributed by atoms with Crippen LogP contribution in [0.5, 0.6) is 0 Å². The number of esters is 2. The molecule has 0 unspecified atom stereocenters. The van der Waals surface area contributed by atoms with Gasteiger partial charge in [-0.05, 0) is 6.92 Å². The molecule has 7 nitrogen and oxygen atoms in total. The Morgan fingerprint density at radius 2 is 1.81 bits per heavy atom. The normalized spacial score (nSPS) is 9.06. The third-order valence-corrected chi connectivity index (χ3v) is 1.15. The zero-order valence-electron chi connectivity index (χ0n) is 8.76. The number of ether oxygens (including phenoxy) is 2. The summed E-state index contributed by atoms with van der Waals surface area (Å²) in [7, 11) is 0. The molecule has 0 aliphatic heterocycles. The number of carbonyl (C=O) groups excluding carboxylic acids is 3. The molecule has 16 heavy (non-hydrogen) atoms. The minimum atomic E-state index is -1.27. The zero-order valence-corrected chi connectivity index (χ0v) is 8.76. The van der Waals surface area contributed by atoms with Crippen LogP contribution in [0.2, 0.25) is 0 Å². The maximum atomic E-state index is 10.7. The van der Waals surface area contributed by atoms with E-state index >= 15 is 0 Å². The van der Waals surface area contributed by atoms with E-state index in [1.165, 1.54) is 0 Å². The smallest absolute Gasteiger partial charge is 0.449 e. The predicted octanol–water partition coefficient (Wildman–Crippen LogP) is -0.247. The van der Waals surface area contributed by atoms with Crippen molar-refractivity contribution in [1.29, 1.82) is 0 Å². The molecule has 0 heterocycles. The van der Waals surface area contributed by atoms with Gasteiger partial charge in [-0.3, -0.25) is 4.89 Å². The summed E-state index contributed by atoms with van der Waals surface area (Å²) in [5.74, 6) is -3.04. The van der Waals surface area contributed by atoms with E-state index in [9.17, 15) is 14.4 Å². The average Bonchev–Trinajstić information content (AvgIpc) is 2.28. The fraction of sp³-hybridized carbons (Fsp3) is 0.444. The zero-order chi connectivity index (χ0) is 12.4. The van der Waals surface area contributed by atoms with Crippen LogP contribution in [0.25, 0.3) is 0 Å². The Balaban J connectivity index is 3.51. The van der Waals surface area contributed by atoms with E-state index < -0.39 is 17.9 Å². The fourth-order valence-corrected chi connectivity index (χ4v) is 0.554. The second kappa shape index (κ2) is 8.42. The average molecular weight is 232 g/mol. The van der Waals surface area contributed by atoms with E-state index in [1.807, 2.05) is 0 Å². The van der Waals surface area contributed by atoms with Gasteiger partial charge in [0.2, 0.25) is 0 Å². The summed E-state index contributed by atoms with van der Waals surface area (Å²) in [6.07, 6.45) is 0.977. The molecule has 0 saturated carbocycles. The van der Waals surface area contributed by atoms with Gasteiger partial charge in [-0.1, -0.05) is 6.58 Å². The van der Waals surface area contributed by atoms with Crippen molar-refractivity contribution >= 4 is 17.9 Å². The lowest BCUT2D eigenvalue weighted by Crippen LogP contribution is -2.21. The second-order valence-corrected chi connectivity index (χ2v) is 2.28. The van der Waals surface area contributed by atoms with E-state index in [0.717, 1.165) is 6.08 Å². The Morgan fingerprint density at radius 3 is 2.38 bits per heavy atom. The van der Waals surface area contributed by atoms with E-state index in [0.29, 0.717) is 0 Å². The van der Waals surface area contributed by atoms with Crippen LogP contribution in [0, 0.1) is 0 Å². The molecule has 0 radical (unpaired) electrons. The lowest BCUT2D eigenvalue weighted by Gasteiger charge is -2.03. The summed E-state index contributed by atoms with van der Waals surface area (Å²) in [6, 6.07) is 0. The van der Waals surface area contributed by atoms with Gasteiger partial charge in [0.1, 0.15) is 13.2 Å². The van der Waals surface area contributed by atoms with Gasteiger partial charge in [-0.2, -0.15) is 4.89 Å². The van der Waals surface area contributed by atoms with E-state index in [4.69, 9.17) is 0 Å². The number of carbonyl (C=O) groups is 3. The molecule has 0 aromatic carbocycles. The summed E-state index contributed by atoms with van der Waals surface area (Å²) < 4.78 is 8.82. The first-order valence-corrected chi connectivity index (χ1v) is 4.41. The van der Waals surface area contributed by atoms with Crippen molar-refractivity contribution in [1.82, 2.24) is 0 Å². The van der Waals surface area contributed by atoms with E-state index in [1.54, 1.807) is 6.92 Å². The largest absolute Gasteiger partial charge is 0.460 e. The van der Waals surface area contributed by atoms with Crippen molar-refractivity contribution in [2.45, 2.75) is 6.92 Å². The van der Waals surface area contributed by atoms with Gasteiger partial charge in [0.15, 0.2) is 0 Å². The van der Waals surface area contributed by atoms with Crippen molar-refractivity contribution in [3.63, 3.8) is 0 Å². The summed E-state index contributed by atoms with van der Waals surface area (Å²) in [4.78, 5) is 40.3. The first kappa shape index (κ1) is 14.1. The molecule has 0 aromatic heterocycles. The first-order valence-electron chi connectivity index (χ1n) is 4.41. The van der Waals surface area contributed by atoms with Gasteiger partial charge >= 0.3 is 17.9 Å². The van der Waals surface area contributed by atoms with Crippen LogP contribution in [0.4, 0.5) is 0 Å². The lowest BCUT2D eigenvalue weighted by atomic mass is 10.6. The number of hydrogen-bond donors (Lipinski definition) is 0. The minimum absolute atomic E-state index is 0.0604. The molecule has 0 spiro atoms. The molecule has 0 aliphatic carbocycles. The Kier molecular flexibility index (Phi) is 7.43. The predicted molar refractivity (Wildman–Crippen MR) is 49.8 cm³/mol. The van der Waals surface area contributed by atoms with E-state index in [-0.39, 0.29) is 19.8 Å². The van der Waals surface area contributed by atoms with Crippen LogP contribution < -0.4 is 0 Å². The highest BCUT2D eigenvalue weighted by Gasteiger charge is 2.17. The fourth-order valence-electron chi connectivity index (χ4n) is 0.554. The van der Waals surface area contributed by atoms with Crippen LogP contribution in [0.15, 0.2) is 12.7 Å². The molecular weight excluding hydrogens is 220 g/mol. The Labute approximate surface area is 91.8 Å². The SMILES string of the molecule is C=CC(=O)OCCOOC(=O)C(=O)OCC. The summed E-state index contributed by atoms with van der Waals surface area (Å²) >= 11 is 0. The minimum Gasteiger partial charge on any atom is -0.460 e.